The number of likely N-dealkylation sites (N-methyl/N-ethyl adjacent to an activating group) is 1. The van der Waals surface area contributed by atoms with Crippen molar-refractivity contribution in [2.24, 2.45) is 0 Å². The van der Waals surface area contributed by atoms with E-state index in [1.165, 1.54) is 17.7 Å². The summed E-state index contributed by atoms with van der Waals surface area (Å²) in [5.41, 5.74) is 0.753. The van der Waals surface area contributed by atoms with E-state index in [1.807, 2.05) is 18.9 Å². The van der Waals surface area contributed by atoms with Gasteiger partial charge in [-0.15, -0.1) is 11.3 Å². The summed E-state index contributed by atoms with van der Waals surface area (Å²) in [6, 6.07) is 0.379. The molecule has 1 amide bonds. The molecular formula is C13H18N6OS. The van der Waals surface area contributed by atoms with Crippen LogP contribution in [0.1, 0.15) is 28.2 Å². The molecule has 0 spiro atoms. The number of carbonyl (C=O) groups is 1. The molecule has 1 aliphatic heterocycles. The highest BCUT2D eigenvalue weighted by atomic mass is 32.1. The van der Waals surface area contributed by atoms with Gasteiger partial charge in [-0.05, 0) is 26.8 Å². The van der Waals surface area contributed by atoms with Gasteiger partial charge in [-0.25, -0.2) is 9.97 Å². The zero-order chi connectivity index (χ0) is 14.8. The molecule has 0 aromatic carbocycles. The van der Waals surface area contributed by atoms with Gasteiger partial charge in [0.1, 0.15) is 11.2 Å². The molecule has 112 valence electrons. The van der Waals surface area contributed by atoms with Crippen LogP contribution in [0.15, 0.2) is 6.33 Å². The molecule has 1 saturated heterocycles. The van der Waals surface area contributed by atoms with Crippen LogP contribution in [0, 0.1) is 6.92 Å². The largest absolute Gasteiger partial charge is 0.336 e. The highest BCUT2D eigenvalue weighted by molar-refractivity contribution is 7.17. The number of aromatic amines is 1. The number of thiazole rings is 1. The number of amides is 1. The Kier molecular flexibility index (Phi) is 3.98. The van der Waals surface area contributed by atoms with Crippen molar-refractivity contribution in [1.29, 1.82) is 0 Å². The number of H-pyrrole nitrogens is 1. The minimum absolute atomic E-state index is 0.0655. The fourth-order valence-electron chi connectivity index (χ4n) is 2.55. The third kappa shape index (κ3) is 2.81. The van der Waals surface area contributed by atoms with Crippen LogP contribution >= 0.6 is 11.3 Å². The van der Waals surface area contributed by atoms with Crippen molar-refractivity contribution in [2.45, 2.75) is 25.8 Å². The number of aryl methyl sites for hydroxylation is 1. The lowest BCUT2D eigenvalue weighted by Gasteiger charge is -2.32. The lowest BCUT2D eigenvalue weighted by atomic mass is 10.1. The summed E-state index contributed by atoms with van der Waals surface area (Å²) >= 11 is 1.37. The highest BCUT2D eigenvalue weighted by Gasteiger charge is 2.26. The van der Waals surface area contributed by atoms with Gasteiger partial charge in [0.2, 0.25) is 0 Å². The first-order valence-electron chi connectivity index (χ1n) is 6.98. The molecule has 3 rings (SSSR count). The second kappa shape index (κ2) is 5.90. The minimum atomic E-state index is 0.0655. The Morgan fingerprint density at radius 1 is 1.57 bits per heavy atom. The number of carbonyl (C=O) groups excluding carboxylic acids is 1. The lowest BCUT2D eigenvalue weighted by Crippen LogP contribution is -2.46. The summed E-state index contributed by atoms with van der Waals surface area (Å²) in [5, 5.41) is 10.6. The number of nitrogens with zero attached hydrogens (tertiary/aromatic N) is 4. The Morgan fingerprint density at radius 2 is 2.43 bits per heavy atom. The Balaban J connectivity index is 1.81. The molecule has 2 aromatic rings. The maximum atomic E-state index is 12.7. The lowest BCUT2D eigenvalue weighted by molar-refractivity contribution is 0.0702. The molecule has 0 saturated carbocycles. The van der Waals surface area contributed by atoms with Crippen LogP contribution in [0.4, 0.5) is 0 Å². The summed E-state index contributed by atoms with van der Waals surface area (Å²) in [7, 11) is 1.94. The minimum Gasteiger partial charge on any atom is -0.336 e. The van der Waals surface area contributed by atoms with E-state index in [-0.39, 0.29) is 5.91 Å². The van der Waals surface area contributed by atoms with Crippen LogP contribution in [0.3, 0.4) is 0 Å². The van der Waals surface area contributed by atoms with E-state index in [9.17, 15) is 4.79 Å². The Labute approximate surface area is 126 Å². The van der Waals surface area contributed by atoms with Crippen molar-refractivity contribution in [3.8, 4) is 10.8 Å². The molecule has 0 aliphatic carbocycles. The second-order valence-corrected chi connectivity index (χ2v) is 6.15. The van der Waals surface area contributed by atoms with Gasteiger partial charge in [0.25, 0.3) is 5.91 Å². The summed E-state index contributed by atoms with van der Waals surface area (Å²) in [5.74, 6) is 0.671. The average molecular weight is 306 g/mol. The molecule has 1 fully saturated rings. The molecule has 2 aromatic heterocycles. The van der Waals surface area contributed by atoms with Gasteiger partial charge >= 0.3 is 0 Å². The van der Waals surface area contributed by atoms with Gasteiger partial charge in [0.15, 0.2) is 10.8 Å². The summed E-state index contributed by atoms with van der Waals surface area (Å²) in [6.45, 7) is 3.43. The summed E-state index contributed by atoms with van der Waals surface area (Å²) in [6.07, 6.45) is 3.59. The fourth-order valence-corrected chi connectivity index (χ4v) is 3.53. The van der Waals surface area contributed by atoms with Gasteiger partial charge < -0.3 is 10.2 Å². The van der Waals surface area contributed by atoms with Gasteiger partial charge in [-0.1, -0.05) is 0 Å². The first kappa shape index (κ1) is 14.2. The molecular weight excluding hydrogens is 288 g/mol. The standard InChI is InChI=1S/C13H18N6OS/c1-8-10(21-12(17-8)11-15-7-16-18-11)13(20)19-5-3-4-9(6-19)14-2/h7,9,14H,3-6H2,1-2H3,(H,15,16,18). The quantitative estimate of drug-likeness (QED) is 0.885. The van der Waals surface area contributed by atoms with E-state index < -0.39 is 0 Å². The molecule has 0 radical (unpaired) electrons. The van der Waals surface area contributed by atoms with Crippen LogP contribution in [-0.4, -0.2) is 57.2 Å². The molecule has 21 heavy (non-hydrogen) atoms. The molecule has 0 bridgehead atoms. The molecule has 7 nitrogen and oxygen atoms in total. The first-order chi connectivity index (χ1) is 10.2. The second-order valence-electron chi connectivity index (χ2n) is 5.15. The number of hydrogen-bond donors (Lipinski definition) is 2. The smallest absolute Gasteiger partial charge is 0.265 e. The number of rotatable bonds is 3. The maximum absolute atomic E-state index is 12.7. The predicted octanol–water partition coefficient (Wildman–Crippen LogP) is 1.06. The molecule has 8 heteroatoms. The first-order valence-corrected chi connectivity index (χ1v) is 7.80. The SMILES string of the molecule is CNC1CCCN(C(=O)c2sc(-c3ncn[nH]3)nc2C)C1. The van der Waals surface area contributed by atoms with Crippen LogP contribution in [0.5, 0.6) is 0 Å². The summed E-state index contributed by atoms with van der Waals surface area (Å²) in [4.78, 5) is 23.8. The van der Waals surface area contributed by atoms with Crippen LogP contribution < -0.4 is 5.32 Å². The van der Waals surface area contributed by atoms with E-state index in [0.29, 0.717) is 21.8 Å². The van der Waals surface area contributed by atoms with E-state index in [4.69, 9.17) is 0 Å². The fraction of sp³-hybridized carbons (Fsp3) is 0.538. The van der Waals surface area contributed by atoms with Crippen molar-refractivity contribution in [3.63, 3.8) is 0 Å². The third-order valence-corrected chi connectivity index (χ3v) is 4.88. The van der Waals surface area contributed by atoms with Crippen LogP contribution in [-0.2, 0) is 0 Å². The Bertz CT molecular complexity index is 623. The van der Waals surface area contributed by atoms with Crippen molar-refractivity contribution >= 4 is 17.2 Å². The molecule has 1 aliphatic rings. The zero-order valence-electron chi connectivity index (χ0n) is 12.1. The van der Waals surface area contributed by atoms with Crippen LogP contribution in [0.25, 0.3) is 10.8 Å². The highest BCUT2D eigenvalue weighted by Crippen LogP contribution is 2.27. The number of aromatic nitrogens is 4. The van der Waals surface area contributed by atoms with E-state index in [0.717, 1.165) is 31.6 Å². The maximum Gasteiger partial charge on any atom is 0.265 e. The van der Waals surface area contributed by atoms with Crippen molar-refractivity contribution < 1.29 is 4.79 Å². The van der Waals surface area contributed by atoms with E-state index in [2.05, 4.69) is 25.5 Å². The third-order valence-electron chi connectivity index (χ3n) is 3.73. The summed E-state index contributed by atoms with van der Waals surface area (Å²) < 4.78 is 0. The molecule has 3 heterocycles. The van der Waals surface area contributed by atoms with Gasteiger partial charge in [-0.2, -0.15) is 5.10 Å². The van der Waals surface area contributed by atoms with Crippen LogP contribution in [0.2, 0.25) is 0 Å². The predicted molar refractivity (Wildman–Crippen MR) is 80.2 cm³/mol. The number of hydrogen-bond acceptors (Lipinski definition) is 6. The normalized spacial score (nSPS) is 19.0. The number of likely N-dealkylation sites (tertiary alicyclic amines) is 1. The van der Waals surface area contributed by atoms with E-state index >= 15 is 0 Å². The van der Waals surface area contributed by atoms with E-state index in [1.54, 1.807) is 0 Å². The Hall–Kier alpha value is -1.80. The number of piperidine rings is 1. The van der Waals surface area contributed by atoms with Crippen molar-refractivity contribution in [1.82, 2.24) is 30.4 Å². The van der Waals surface area contributed by atoms with Gasteiger partial charge in [0.05, 0.1) is 5.69 Å². The monoisotopic (exact) mass is 306 g/mol. The topological polar surface area (TPSA) is 86.8 Å². The van der Waals surface area contributed by atoms with Crippen molar-refractivity contribution in [3.05, 3.63) is 16.9 Å². The Morgan fingerprint density at radius 3 is 3.14 bits per heavy atom. The molecule has 1 atom stereocenters. The van der Waals surface area contributed by atoms with Gasteiger partial charge in [0, 0.05) is 19.1 Å². The number of nitrogens with one attached hydrogen (secondary N) is 2. The molecule has 1 unspecified atom stereocenters. The molecule has 2 N–H and O–H groups in total. The van der Waals surface area contributed by atoms with Crippen molar-refractivity contribution in [2.75, 3.05) is 20.1 Å². The zero-order valence-corrected chi connectivity index (χ0v) is 12.9. The average Bonchev–Trinajstić information content (AvgIpc) is 3.16. The van der Waals surface area contributed by atoms with Gasteiger partial charge in [-0.3, -0.25) is 9.89 Å².